The SMILES string of the molecule is Cc1ccnc(C2CN(C(=O)COc3ccc(F)cc3)CCO2)n1. The molecule has 1 aromatic carbocycles. The third kappa shape index (κ3) is 4.05. The molecular formula is C17H18FN3O3. The maximum atomic E-state index is 12.9. The van der Waals surface area contributed by atoms with Gasteiger partial charge in [0.25, 0.3) is 5.91 Å². The quantitative estimate of drug-likeness (QED) is 0.856. The molecule has 0 bridgehead atoms. The highest BCUT2D eigenvalue weighted by molar-refractivity contribution is 5.77. The predicted octanol–water partition coefficient (Wildman–Crippen LogP) is 1.90. The molecule has 0 N–H and O–H groups in total. The molecule has 24 heavy (non-hydrogen) atoms. The molecule has 6 nitrogen and oxygen atoms in total. The van der Waals surface area contributed by atoms with Crippen molar-refractivity contribution in [2.75, 3.05) is 26.3 Å². The van der Waals surface area contributed by atoms with E-state index < -0.39 is 0 Å². The zero-order valence-corrected chi connectivity index (χ0v) is 13.3. The normalized spacial score (nSPS) is 17.6. The van der Waals surface area contributed by atoms with E-state index in [9.17, 15) is 9.18 Å². The van der Waals surface area contributed by atoms with Crippen LogP contribution in [0, 0.1) is 12.7 Å². The number of ether oxygens (including phenoxy) is 2. The monoisotopic (exact) mass is 331 g/mol. The van der Waals surface area contributed by atoms with E-state index >= 15 is 0 Å². The number of hydrogen-bond acceptors (Lipinski definition) is 5. The van der Waals surface area contributed by atoms with E-state index in [0.29, 0.717) is 31.3 Å². The summed E-state index contributed by atoms with van der Waals surface area (Å²) in [6, 6.07) is 7.38. The van der Waals surface area contributed by atoms with E-state index in [4.69, 9.17) is 9.47 Å². The first-order valence-corrected chi connectivity index (χ1v) is 7.69. The summed E-state index contributed by atoms with van der Waals surface area (Å²) >= 11 is 0. The minimum atomic E-state index is -0.345. The number of carbonyl (C=O) groups excluding carboxylic acids is 1. The van der Waals surface area contributed by atoms with E-state index in [1.807, 2.05) is 13.0 Å². The number of halogens is 1. The summed E-state index contributed by atoms with van der Waals surface area (Å²) in [5.41, 5.74) is 0.853. The summed E-state index contributed by atoms with van der Waals surface area (Å²) < 4.78 is 23.9. The molecule has 1 fully saturated rings. The first kappa shape index (κ1) is 16.3. The standard InChI is InChI=1S/C17H18FN3O3/c1-12-6-7-19-17(20-12)15-10-21(8-9-23-15)16(22)11-24-14-4-2-13(18)3-5-14/h2-7,15H,8-11H2,1H3. The Balaban J connectivity index is 1.57. The van der Waals surface area contributed by atoms with E-state index in [0.717, 1.165) is 5.69 Å². The lowest BCUT2D eigenvalue weighted by Gasteiger charge is -2.32. The Labute approximate surface area is 139 Å². The van der Waals surface area contributed by atoms with Crippen LogP contribution in [0.2, 0.25) is 0 Å². The molecule has 7 heteroatoms. The smallest absolute Gasteiger partial charge is 0.260 e. The van der Waals surface area contributed by atoms with Gasteiger partial charge in [-0.15, -0.1) is 0 Å². The number of morpholine rings is 1. The number of aromatic nitrogens is 2. The van der Waals surface area contributed by atoms with Crippen molar-refractivity contribution < 1.29 is 18.7 Å². The first-order valence-electron chi connectivity index (χ1n) is 7.69. The largest absolute Gasteiger partial charge is 0.484 e. The highest BCUT2D eigenvalue weighted by atomic mass is 19.1. The van der Waals surface area contributed by atoms with Crippen molar-refractivity contribution in [2.24, 2.45) is 0 Å². The second kappa shape index (κ2) is 7.35. The Morgan fingerprint density at radius 3 is 2.92 bits per heavy atom. The zero-order valence-electron chi connectivity index (χ0n) is 13.3. The van der Waals surface area contributed by atoms with Gasteiger partial charge in [0.05, 0.1) is 13.2 Å². The summed E-state index contributed by atoms with van der Waals surface area (Å²) in [5.74, 6) is 0.534. The van der Waals surface area contributed by atoms with Gasteiger partial charge in [0.15, 0.2) is 12.4 Å². The van der Waals surface area contributed by atoms with Gasteiger partial charge >= 0.3 is 0 Å². The molecule has 1 unspecified atom stereocenters. The van der Waals surface area contributed by atoms with Gasteiger partial charge < -0.3 is 14.4 Å². The predicted molar refractivity (Wildman–Crippen MR) is 83.9 cm³/mol. The lowest BCUT2D eigenvalue weighted by atomic mass is 10.2. The van der Waals surface area contributed by atoms with Gasteiger partial charge in [0.2, 0.25) is 0 Å². The van der Waals surface area contributed by atoms with E-state index in [-0.39, 0.29) is 24.4 Å². The van der Waals surface area contributed by atoms with Crippen LogP contribution in [0.1, 0.15) is 17.6 Å². The van der Waals surface area contributed by atoms with Crippen LogP contribution in [-0.2, 0) is 9.53 Å². The molecule has 3 rings (SSSR count). The van der Waals surface area contributed by atoms with Crippen molar-refractivity contribution >= 4 is 5.91 Å². The van der Waals surface area contributed by atoms with Crippen LogP contribution in [0.15, 0.2) is 36.5 Å². The molecule has 2 aromatic rings. The Kier molecular flexibility index (Phi) is 5.00. The molecule has 0 radical (unpaired) electrons. The Morgan fingerprint density at radius 1 is 1.38 bits per heavy atom. The van der Waals surface area contributed by atoms with Crippen molar-refractivity contribution in [3.63, 3.8) is 0 Å². The number of carbonyl (C=O) groups is 1. The van der Waals surface area contributed by atoms with Gasteiger partial charge in [-0.2, -0.15) is 0 Å². The topological polar surface area (TPSA) is 64.6 Å². The molecule has 0 spiro atoms. The number of nitrogens with zero attached hydrogens (tertiary/aromatic N) is 3. The number of hydrogen-bond donors (Lipinski definition) is 0. The summed E-state index contributed by atoms with van der Waals surface area (Å²) in [4.78, 5) is 22.6. The van der Waals surface area contributed by atoms with E-state index in [1.165, 1.54) is 24.3 Å². The number of benzene rings is 1. The number of amides is 1. The fourth-order valence-electron chi connectivity index (χ4n) is 2.42. The van der Waals surface area contributed by atoms with Crippen LogP contribution in [-0.4, -0.2) is 47.1 Å². The lowest BCUT2D eigenvalue weighted by Crippen LogP contribution is -2.44. The summed E-state index contributed by atoms with van der Waals surface area (Å²) in [5, 5.41) is 0. The molecule has 2 heterocycles. The summed E-state index contributed by atoms with van der Waals surface area (Å²) in [6.07, 6.45) is 1.34. The third-order valence-electron chi connectivity index (χ3n) is 3.70. The summed E-state index contributed by atoms with van der Waals surface area (Å²) in [6.45, 7) is 3.08. The number of aryl methyl sites for hydroxylation is 1. The minimum absolute atomic E-state index is 0.104. The Bertz CT molecular complexity index is 708. The van der Waals surface area contributed by atoms with Gasteiger partial charge in [-0.1, -0.05) is 0 Å². The highest BCUT2D eigenvalue weighted by Gasteiger charge is 2.27. The molecule has 1 aliphatic heterocycles. The molecule has 1 amide bonds. The van der Waals surface area contributed by atoms with Crippen molar-refractivity contribution in [3.05, 3.63) is 53.9 Å². The maximum Gasteiger partial charge on any atom is 0.260 e. The van der Waals surface area contributed by atoms with Gasteiger partial charge in [-0.05, 0) is 37.3 Å². The fourth-order valence-corrected chi connectivity index (χ4v) is 2.42. The average Bonchev–Trinajstić information content (AvgIpc) is 2.61. The van der Waals surface area contributed by atoms with Crippen molar-refractivity contribution in [1.82, 2.24) is 14.9 Å². The van der Waals surface area contributed by atoms with Gasteiger partial charge in [0.1, 0.15) is 17.7 Å². The average molecular weight is 331 g/mol. The van der Waals surface area contributed by atoms with Gasteiger partial charge in [-0.25, -0.2) is 14.4 Å². The maximum absolute atomic E-state index is 12.9. The minimum Gasteiger partial charge on any atom is -0.484 e. The van der Waals surface area contributed by atoms with Crippen LogP contribution in [0.4, 0.5) is 4.39 Å². The number of rotatable bonds is 4. The second-order valence-corrected chi connectivity index (χ2v) is 5.50. The van der Waals surface area contributed by atoms with E-state index in [2.05, 4.69) is 9.97 Å². The van der Waals surface area contributed by atoms with Crippen LogP contribution >= 0.6 is 0 Å². The second-order valence-electron chi connectivity index (χ2n) is 5.50. The third-order valence-corrected chi connectivity index (χ3v) is 3.70. The van der Waals surface area contributed by atoms with E-state index in [1.54, 1.807) is 11.1 Å². The molecule has 1 aromatic heterocycles. The van der Waals surface area contributed by atoms with Crippen LogP contribution in [0.5, 0.6) is 5.75 Å². The van der Waals surface area contributed by atoms with Crippen molar-refractivity contribution in [2.45, 2.75) is 13.0 Å². The molecule has 1 aliphatic rings. The molecular weight excluding hydrogens is 313 g/mol. The Hall–Kier alpha value is -2.54. The van der Waals surface area contributed by atoms with Crippen molar-refractivity contribution in [1.29, 1.82) is 0 Å². The Morgan fingerprint density at radius 2 is 2.17 bits per heavy atom. The summed E-state index contributed by atoms with van der Waals surface area (Å²) in [7, 11) is 0. The molecule has 0 saturated carbocycles. The zero-order chi connectivity index (χ0) is 16.9. The molecule has 1 atom stereocenters. The van der Waals surface area contributed by atoms with Crippen LogP contribution < -0.4 is 4.74 Å². The molecule has 126 valence electrons. The molecule has 1 saturated heterocycles. The fraction of sp³-hybridized carbons (Fsp3) is 0.353. The highest BCUT2D eigenvalue weighted by Crippen LogP contribution is 2.19. The van der Waals surface area contributed by atoms with Crippen LogP contribution in [0.3, 0.4) is 0 Å². The molecule has 0 aliphatic carbocycles. The van der Waals surface area contributed by atoms with Crippen molar-refractivity contribution in [3.8, 4) is 5.75 Å². The van der Waals surface area contributed by atoms with Gasteiger partial charge in [-0.3, -0.25) is 4.79 Å². The first-order chi connectivity index (χ1) is 11.6. The van der Waals surface area contributed by atoms with Crippen LogP contribution in [0.25, 0.3) is 0 Å². The lowest BCUT2D eigenvalue weighted by molar-refractivity contribution is -0.141. The van der Waals surface area contributed by atoms with Gasteiger partial charge in [0, 0.05) is 18.4 Å².